The molecule has 5 nitrogen and oxygen atoms in total. The highest BCUT2D eigenvalue weighted by atomic mass is 19.1. The van der Waals surface area contributed by atoms with Crippen molar-refractivity contribution in [2.45, 2.75) is 25.9 Å². The van der Waals surface area contributed by atoms with Gasteiger partial charge in [-0.1, -0.05) is 30.3 Å². The van der Waals surface area contributed by atoms with Crippen molar-refractivity contribution in [3.05, 3.63) is 59.9 Å². The number of rotatable bonds is 4. The van der Waals surface area contributed by atoms with E-state index in [9.17, 15) is 14.0 Å². The second-order valence-corrected chi connectivity index (χ2v) is 7.02. The summed E-state index contributed by atoms with van der Waals surface area (Å²) in [6.45, 7) is 3.81. The lowest BCUT2D eigenvalue weighted by molar-refractivity contribution is -0.127. The normalized spacial score (nSPS) is 15.6. The van der Waals surface area contributed by atoms with Gasteiger partial charge in [0, 0.05) is 12.1 Å². The van der Waals surface area contributed by atoms with Gasteiger partial charge in [0.1, 0.15) is 11.4 Å². The molecule has 1 N–H and O–H groups in total. The zero-order chi connectivity index (χ0) is 18.9. The minimum atomic E-state index is -1.01. The molecule has 2 aromatic carbocycles. The molecule has 1 heterocycles. The number of para-hydroxylation sites is 2. The number of halogens is 1. The highest BCUT2D eigenvalue weighted by Crippen LogP contribution is 2.36. The standard InChI is InChI=1S/C20H22FN3O2/c1-20(2)19(26)22-16-10-6-7-11-17(16)24(20)18(25)13-23(3)12-14-8-4-5-9-15(14)21/h4-11H,12-13H2,1-3H3,(H,22,26). The fraction of sp³-hybridized carbons (Fsp3) is 0.300. The molecule has 0 bridgehead atoms. The average molecular weight is 355 g/mol. The van der Waals surface area contributed by atoms with Gasteiger partial charge in [-0.05, 0) is 39.1 Å². The smallest absolute Gasteiger partial charge is 0.250 e. The van der Waals surface area contributed by atoms with Gasteiger partial charge in [0.25, 0.3) is 0 Å². The van der Waals surface area contributed by atoms with Gasteiger partial charge in [0.2, 0.25) is 11.8 Å². The van der Waals surface area contributed by atoms with Crippen molar-refractivity contribution < 1.29 is 14.0 Å². The molecule has 0 unspecified atom stereocenters. The van der Waals surface area contributed by atoms with Gasteiger partial charge in [0.05, 0.1) is 17.9 Å². The van der Waals surface area contributed by atoms with Crippen LogP contribution in [0.1, 0.15) is 19.4 Å². The molecule has 0 aliphatic carbocycles. The van der Waals surface area contributed by atoms with Crippen LogP contribution >= 0.6 is 0 Å². The Kier molecular flexibility index (Phi) is 4.78. The molecule has 3 rings (SSSR count). The van der Waals surface area contributed by atoms with E-state index in [-0.39, 0.29) is 24.2 Å². The zero-order valence-corrected chi connectivity index (χ0v) is 15.1. The second kappa shape index (κ2) is 6.88. The van der Waals surface area contributed by atoms with Crippen LogP contribution in [0.2, 0.25) is 0 Å². The number of carbonyl (C=O) groups excluding carboxylic acids is 2. The molecule has 0 saturated carbocycles. The van der Waals surface area contributed by atoms with E-state index in [1.165, 1.54) is 11.0 Å². The molecular formula is C20H22FN3O2. The van der Waals surface area contributed by atoms with E-state index in [2.05, 4.69) is 5.32 Å². The van der Waals surface area contributed by atoms with E-state index >= 15 is 0 Å². The monoisotopic (exact) mass is 355 g/mol. The topological polar surface area (TPSA) is 52.7 Å². The Morgan fingerprint density at radius 2 is 1.81 bits per heavy atom. The summed E-state index contributed by atoms with van der Waals surface area (Å²) in [4.78, 5) is 28.7. The van der Waals surface area contributed by atoms with Crippen LogP contribution in [0.5, 0.6) is 0 Å². The maximum absolute atomic E-state index is 13.8. The highest BCUT2D eigenvalue weighted by molar-refractivity contribution is 6.14. The average Bonchev–Trinajstić information content (AvgIpc) is 2.57. The molecule has 6 heteroatoms. The van der Waals surface area contributed by atoms with Crippen LogP contribution < -0.4 is 10.2 Å². The Labute approximate surface area is 152 Å². The summed E-state index contributed by atoms with van der Waals surface area (Å²) in [6.07, 6.45) is 0. The number of likely N-dealkylation sites (N-methyl/N-ethyl adjacent to an activating group) is 1. The number of benzene rings is 2. The van der Waals surface area contributed by atoms with Crippen molar-refractivity contribution in [2.24, 2.45) is 0 Å². The zero-order valence-electron chi connectivity index (χ0n) is 15.1. The van der Waals surface area contributed by atoms with Crippen molar-refractivity contribution >= 4 is 23.2 Å². The summed E-state index contributed by atoms with van der Waals surface area (Å²) in [7, 11) is 1.76. The predicted molar refractivity (Wildman–Crippen MR) is 99.4 cm³/mol. The molecule has 0 spiro atoms. The quantitative estimate of drug-likeness (QED) is 0.917. The minimum absolute atomic E-state index is 0.0688. The number of anilines is 2. The van der Waals surface area contributed by atoms with E-state index in [1.807, 2.05) is 18.2 Å². The fourth-order valence-electron chi connectivity index (χ4n) is 3.17. The number of fused-ring (bicyclic) bond motifs is 1. The van der Waals surface area contributed by atoms with Gasteiger partial charge in [0.15, 0.2) is 0 Å². The summed E-state index contributed by atoms with van der Waals surface area (Å²) in [5.74, 6) is -0.743. The molecule has 0 radical (unpaired) electrons. The van der Waals surface area contributed by atoms with Crippen LogP contribution in [0.4, 0.5) is 15.8 Å². The van der Waals surface area contributed by atoms with Crippen molar-refractivity contribution in [1.29, 1.82) is 0 Å². The first-order valence-corrected chi connectivity index (χ1v) is 8.46. The summed E-state index contributed by atoms with van der Waals surface area (Å²) < 4.78 is 13.8. The van der Waals surface area contributed by atoms with Crippen molar-refractivity contribution in [3.8, 4) is 0 Å². The van der Waals surface area contributed by atoms with Crippen LogP contribution in [0.15, 0.2) is 48.5 Å². The summed E-state index contributed by atoms with van der Waals surface area (Å²) in [5.41, 5.74) is 0.798. The van der Waals surface area contributed by atoms with Crippen LogP contribution in [0.25, 0.3) is 0 Å². The van der Waals surface area contributed by atoms with Crippen molar-refractivity contribution in [2.75, 3.05) is 23.8 Å². The number of hydrogen-bond acceptors (Lipinski definition) is 3. The van der Waals surface area contributed by atoms with Crippen LogP contribution in [-0.2, 0) is 16.1 Å². The van der Waals surface area contributed by atoms with Gasteiger partial charge in [-0.3, -0.25) is 19.4 Å². The molecule has 2 amide bonds. The second-order valence-electron chi connectivity index (χ2n) is 7.02. The Balaban J connectivity index is 1.82. The summed E-state index contributed by atoms with van der Waals surface area (Å²) in [5, 5.41) is 2.84. The third-order valence-corrected chi connectivity index (χ3v) is 4.56. The lowest BCUT2D eigenvalue weighted by Gasteiger charge is -2.42. The van der Waals surface area contributed by atoms with E-state index in [0.717, 1.165) is 0 Å². The van der Waals surface area contributed by atoms with E-state index in [1.54, 1.807) is 50.1 Å². The highest BCUT2D eigenvalue weighted by Gasteiger charge is 2.43. The molecule has 0 saturated heterocycles. The lowest BCUT2D eigenvalue weighted by atomic mass is 9.96. The Morgan fingerprint density at radius 3 is 2.54 bits per heavy atom. The van der Waals surface area contributed by atoms with Gasteiger partial charge in [-0.2, -0.15) is 0 Å². The Morgan fingerprint density at radius 1 is 1.15 bits per heavy atom. The molecule has 2 aromatic rings. The minimum Gasteiger partial charge on any atom is -0.322 e. The van der Waals surface area contributed by atoms with Crippen molar-refractivity contribution in [1.82, 2.24) is 4.90 Å². The van der Waals surface area contributed by atoms with Crippen molar-refractivity contribution in [3.63, 3.8) is 0 Å². The number of carbonyl (C=O) groups is 2. The van der Waals surface area contributed by atoms with Crippen LogP contribution in [0.3, 0.4) is 0 Å². The summed E-state index contributed by atoms with van der Waals surface area (Å²) >= 11 is 0. The van der Waals surface area contributed by atoms with E-state index < -0.39 is 5.54 Å². The lowest BCUT2D eigenvalue weighted by Crippen LogP contribution is -2.60. The molecule has 1 aliphatic heterocycles. The van der Waals surface area contributed by atoms with E-state index in [4.69, 9.17) is 0 Å². The molecule has 26 heavy (non-hydrogen) atoms. The predicted octanol–water partition coefficient (Wildman–Crippen LogP) is 3.02. The third-order valence-electron chi connectivity index (χ3n) is 4.56. The molecule has 1 aliphatic rings. The van der Waals surface area contributed by atoms with Gasteiger partial charge in [-0.25, -0.2) is 4.39 Å². The maximum Gasteiger partial charge on any atom is 0.250 e. The first-order chi connectivity index (χ1) is 12.3. The van der Waals surface area contributed by atoms with Gasteiger partial charge in [-0.15, -0.1) is 0 Å². The van der Waals surface area contributed by atoms with Gasteiger partial charge < -0.3 is 5.32 Å². The number of nitrogens with one attached hydrogen (secondary N) is 1. The Hall–Kier alpha value is -2.73. The maximum atomic E-state index is 13.8. The first kappa shape index (κ1) is 18.1. The number of nitrogens with zero attached hydrogens (tertiary/aromatic N) is 2. The van der Waals surface area contributed by atoms with E-state index in [0.29, 0.717) is 23.5 Å². The number of hydrogen-bond donors (Lipinski definition) is 1. The molecule has 0 atom stereocenters. The number of amides is 2. The first-order valence-electron chi connectivity index (χ1n) is 8.46. The van der Waals surface area contributed by atoms with Crippen LogP contribution in [0, 0.1) is 5.82 Å². The summed E-state index contributed by atoms with van der Waals surface area (Å²) in [6, 6.07) is 13.7. The molecular weight excluding hydrogens is 333 g/mol. The SMILES string of the molecule is CN(CC(=O)N1c2ccccc2NC(=O)C1(C)C)Cc1ccccc1F. The molecule has 136 valence electrons. The van der Waals surface area contributed by atoms with Gasteiger partial charge >= 0.3 is 0 Å². The largest absolute Gasteiger partial charge is 0.322 e. The third kappa shape index (κ3) is 3.32. The molecule has 0 fully saturated rings. The molecule has 0 aromatic heterocycles. The Bertz CT molecular complexity index is 850. The van der Waals surface area contributed by atoms with Crippen LogP contribution in [-0.4, -0.2) is 35.8 Å². The fourth-order valence-corrected chi connectivity index (χ4v) is 3.17.